The Balaban J connectivity index is 1.40. The number of hydrogen-bond donors (Lipinski definition) is 4. The SMILES string of the molecule is CCn1cc2ncc(N[C@@H](C)c3cccc(NC(=O)Nc4ccc(NC)nc4)c3)nc2n1. The van der Waals surface area contributed by atoms with Gasteiger partial charge in [-0.3, -0.25) is 4.68 Å². The third-order valence-electron chi connectivity index (χ3n) is 4.89. The van der Waals surface area contributed by atoms with Crippen molar-refractivity contribution in [3.63, 3.8) is 0 Å². The van der Waals surface area contributed by atoms with E-state index in [0.29, 0.717) is 22.8 Å². The third kappa shape index (κ3) is 4.91. The molecule has 2 amide bonds. The van der Waals surface area contributed by atoms with Crippen LogP contribution in [-0.2, 0) is 6.54 Å². The summed E-state index contributed by atoms with van der Waals surface area (Å²) in [5, 5.41) is 16.3. The summed E-state index contributed by atoms with van der Waals surface area (Å²) in [5.41, 5.74) is 3.64. The molecule has 0 spiro atoms. The molecule has 0 bridgehead atoms. The molecule has 32 heavy (non-hydrogen) atoms. The number of nitrogens with one attached hydrogen (secondary N) is 4. The lowest BCUT2D eigenvalue weighted by Crippen LogP contribution is -2.19. The van der Waals surface area contributed by atoms with Crippen LogP contribution in [-0.4, -0.2) is 37.8 Å². The highest BCUT2D eigenvalue weighted by atomic mass is 16.2. The number of urea groups is 1. The maximum atomic E-state index is 12.4. The van der Waals surface area contributed by atoms with Crippen LogP contribution in [0.25, 0.3) is 11.2 Å². The third-order valence-corrected chi connectivity index (χ3v) is 4.89. The van der Waals surface area contributed by atoms with Gasteiger partial charge in [-0.05, 0) is 43.7 Å². The van der Waals surface area contributed by atoms with Crippen LogP contribution < -0.4 is 21.3 Å². The fraction of sp³-hybridized carbons (Fsp3) is 0.227. The molecule has 0 unspecified atom stereocenters. The zero-order chi connectivity index (χ0) is 22.5. The van der Waals surface area contributed by atoms with Gasteiger partial charge in [-0.15, -0.1) is 0 Å². The topological polar surface area (TPSA) is 122 Å². The van der Waals surface area contributed by atoms with E-state index < -0.39 is 0 Å². The average Bonchev–Trinajstić information content (AvgIpc) is 3.22. The van der Waals surface area contributed by atoms with Crippen molar-refractivity contribution in [2.45, 2.75) is 26.4 Å². The number of amides is 2. The first-order valence-corrected chi connectivity index (χ1v) is 10.3. The number of anilines is 4. The molecule has 4 N–H and O–H groups in total. The lowest BCUT2D eigenvalue weighted by molar-refractivity contribution is 0.262. The Morgan fingerprint density at radius 3 is 2.66 bits per heavy atom. The zero-order valence-electron chi connectivity index (χ0n) is 18.1. The Hall–Kier alpha value is -4.21. The summed E-state index contributed by atoms with van der Waals surface area (Å²) in [7, 11) is 1.79. The van der Waals surface area contributed by atoms with Crippen molar-refractivity contribution < 1.29 is 4.79 Å². The second-order valence-electron chi connectivity index (χ2n) is 7.20. The Morgan fingerprint density at radius 2 is 1.91 bits per heavy atom. The van der Waals surface area contributed by atoms with Crippen molar-refractivity contribution in [3.8, 4) is 0 Å². The van der Waals surface area contributed by atoms with Gasteiger partial charge in [-0.2, -0.15) is 5.10 Å². The van der Waals surface area contributed by atoms with Crippen molar-refractivity contribution in [1.82, 2.24) is 24.7 Å². The second-order valence-corrected chi connectivity index (χ2v) is 7.20. The molecule has 0 aliphatic rings. The Labute approximate surface area is 185 Å². The summed E-state index contributed by atoms with van der Waals surface area (Å²) in [5.74, 6) is 1.37. The van der Waals surface area contributed by atoms with Gasteiger partial charge in [0.1, 0.15) is 17.2 Å². The molecule has 0 fully saturated rings. The largest absolute Gasteiger partial charge is 0.373 e. The van der Waals surface area contributed by atoms with Crippen LogP contribution in [0.4, 0.5) is 27.8 Å². The molecule has 10 heteroatoms. The Bertz CT molecular complexity index is 1220. The second kappa shape index (κ2) is 9.29. The van der Waals surface area contributed by atoms with Crippen molar-refractivity contribution in [1.29, 1.82) is 0 Å². The van der Waals surface area contributed by atoms with Gasteiger partial charge in [0.15, 0.2) is 0 Å². The molecule has 0 saturated carbocycles. The number of pyridine rings is 1. The smallest absolute Gasteiger partial charge is 0.323 e. The van der Waals surface area contributed by atoms with Crippen molar-refractivity contribution in [2.24, 2.45) is 0 Å². The number of aryl methyl sites for hydroxylation is 1. The number of nitrogens with zero attached hydrogens (tertiary/aromatic N) is 5. The van der Waals surface area contributed by atoms with E-state index in [1.54, 1.807) is 31.6 Å². The summed E-state index contributed by atoms with van der Waals surface area (Å²) in [6.07, 6.45) is 5.17. The van der Waals surface area contributed by atoms with Gasteiger partial charge < -0.3 is 21.3 Å². The van der Waals surface area contributed by atoms with Crippen LogP contribution in [0.15, 0.2) is 55.0 Å². The molecule has 4 rings (SSSR count). The van der Waals surface area contributed by atoms with Gasteiger partial charge in [0, 0.05) is 19.3 Å². The van der Waals surface area contributed by atoms with Crippen molar-refractivity contribution >= 4 is 40.2 Å². The minimum Gasteiger partial charge on any atom is -0.373 e. The monoisotopic (exact) mass is 431 g/mol. The van der Waals surface area contributed by atoms with Crippen LogP contribution in [0, 0.1) is 0 Å². The number of carbonyl (C=O) groups is 1. The standard InChI is InChI=1S/C22H25N9O/c1-4-31-13-18-21(30-31)29-20(12-24-18)26-14(2)15-6-5-7-16(10-15)27-22(32)28-17-8-9-19(23-3)25-11-17/h5-14H,4H2,1-3H3,(H,23,25)(H,26,29,30)(H2,27,28,32)/t14-/m0/s1. The molecule has 4 aromatic rings. The molecule has 0 saturated heterocycles. The average molecular weight is 432 g/mol. The van der Waals surface area contributed by atoms with Gasteiger partial charge in [0.05, 0.1) is 30.3 Å². The Morgan fingerprint density at radius 1 is 1.06 bits per heavy atom. The zero-order valence-corrected chi connectivity index (χ0v) is 18.1. The number of fused-ring (bicyclic) bond motifs is 1. The van der Waals surface area contributed by atoms with E-state index in [9.17, 15) is 4.79 Å². The summed E-state index contributed by atoms with van der Waals surface area (Å²) < 4.78 is 1.81. The Kier molecular flexibility index (Phi) is 6.11. The number of aromatic nitrogens is 5. The first kappa shape index (κ1) is 21.0. The molecule has 0 aliphatic heterocycles. The molecule has 164 valence electrons. The summed E-state index contributed by atoms with van der Waals surface area (Å²) >= 11 is 0. The molecule has 10 nitrogen and oxygen atoms in total. The number of benzene rings is 1. The van der Waals surface area contributed by atoms with E-state index in [1.165, 1.54) is 0 Å². The lowest BCUT2D eigenvalue weighted by Gasteiger charge is -2.16. The highest BCUT2D eigenvalue weighted by molar-refractivity contribution is 5.99. The van der Waals surface area contributed by atoms with E-state index in [-0.39, 0.29) is 12.1 Å². The van der Waals surface area contributed by atoms with Crippen LogP contribution in [0.3, 0.4) is 0 Å². The first-order chi connectivity index (χ1) is 15.5. The van der Waals surface area contributed by atoms with Gasteiger partial charge in [0.25, 0.3) is 0 Å². The maximum Gasteiger partial charge on any atom is 0.323 e. The molecule has 3 aromatic heterocycles. The van der Waals surface area contributed by atoms with Crippen molar-refractivity contribution in [2.75, 3.05) is 28.3 Å². The van der Waals surface area contributed by atoms with Crippen LogP contribution in [0.2, 0.25) is 0 Å². The normalized spacial score (nSPS) is 11.7. The van der Waals surface area contributed by atoms with Gasteiger partial charge in [0.2, 0.25) is 5.65 Å². The number of hydrogen-bond acceptors (Lipinski definition) is 7. The molecule has 1 atom stereocenters. The molecule has 0 aliphatic carbocycles. The fourth-order valence-corrected chi connectivity index (χ4v) is 3.18. The van der Waals surface area contributed by atoms with Gasteiger partial charge >= 0.3 is 6.03 Å². The highest BCUT2D eigenvalue weighted by Crippen LogP contribution is 2.22. The van der Waals surface area contributed by atoms with Crippen molar-refractivity contribution in [3.05, 3.63) is 60.6 Å². The molecule has 3 heterocycles. The van der Waals surface area contributed by atoms with E-state index in [1.807, 2.05) is 49.0 Å². The van der Waals surface area contributed by atoms with Gasteiger partial charge in [-0.1, -0.05) is 12.1 Å². The van der Waals surface area contributed by atoms with Crippen LogP contribution >= 0.6 is 0 Å². The number of carbonyl (C=O) groups excluding carboxylic acids is 1. The van der Waals surface area contributed by atoms with Crippen LogP contribution in [0.5, 0.6) is 0 Å². The molecule has 0 radical (unpaired) electrons. The summed E-state index contributed by atoms with van der Waals surface area (Å²) in [4.78, 5) is 25.5. The first-order valence-electron chi connectivity index (χ1n) is 10.3. The minimum atomic E-state index is -0.343. The quantitative estimate of drug-likeness (QED) is 0.347. The van der Waals surface area contributed by atoms with E-state index in [2.05, 4.69) is 41.3 Å². The minimum absolute atomic E-state index is 0.0573. The molecular formula is C22H25N9O. The van der Waals surface area contributed by atoms with Gasteiger partial charge in [-0.25, -0.2) is 19.7 Å². The summed E-state index contributed by atoms with van der Waals surface area (Å²) in [6, 6.07) is 10.8. The molecule has 1 aromatic carbocycles. The van der Waals surface area contributed by atoms with E-state index in [4.69, 9.17) is 0 Å². The summed E-state index contributed by atoms with van der Waals surface area (Å²) in [6.45, 7) is 4.80. The maximum absolute atomic E-state index is 12.4. The lowest BCUT2D eigenvalue weighted by atomic mass is 10.1. The van der Waals surface area contributed by atoms with E-state index in [0.717, 1.165) is 23.4 Å². The predicted molar refractivity (Wildman–Crippen MR) is 126 cm³/mol. The molecular weight excluding hydrogens is 406 g/mol. The van der Waals surface area contributed by atoms with E-state index >= 15 is 0 Å². The van der Waals surface area contributed by atoms with Crippen LogP contribution in [0.1, 0.15) is 25.5 Å². The predicted octanol–water partition coefficient (Wildman–Crippen LogP) is 4.10. The number of rotatable bonds is 7. The highest BCUT2D eigenvalue weighted by Gasteiger charge is 2.11. The fourth-order valence-electron chi connectivity index (χ4n) is 3.18.